The van der Waals surface area contributed by atoms with Crippen LogP contribution >= 0.6 is 0 Å². The topological polar surface area (TPSA) is 25.6 Å². The molecule has 1 aliphatic heterocycles. The number of para-hydroxylation sites is 5. The predicted octanol–water partition coefficient (Wildman–Crippen LogP) is 16.6. The summed E-state index contributed by atoms with van der Waals surface area (Å²) in [6.07, 6.45) is 11.8. The van der Waals surface area contributed by atoms with E-state index < -0.39 is 5.60 Å². The van der Waals surface area contributed by atoms with Crippen molar-refractivity contribution in [3.63, 3.8) is 0 Å². The molecule has 0 bridgehead atoms. The molecule has 0 N–H and O–H groups in total. The van der Waals surface area contributed by atoms with Crippen LogP contribution in [-0.2, 0) is 0 Å². The van der Waals surface area contributed by atoms with Crippen LogP contribution in [0.1, 0.15) is 68.1 Å². The first-order chi connectivity index (χ1) is 30.6. The second kappa shape index (κ2) is 14.8. The van der Waals surface area contributed by atoms with Gasteiger partial charge in [0.05, 0.1) is 17.1 Å². The lowest BCUT2D eigenvalue weighted by Crippen LogP contribution is -2.30. The van der Waals surface area contributed by atoms with Crippen LogP contribution in [-0.4, -0.2) is 5.60 Å². The normalized spacial score (nSPS) is 17.4. The minimum absolute atomic E-state index is 0.474. The lowest BCUT2D eigenvalue weighted by molar-refractivity contribution is 0.170. The lowest BCUT2D eigenvalue weighted by atomic mass is 9.79. The fourth-order valence-corrected chi connectivity index (χ4v) is 11.0. The predicted molar refractivity (Wildman–Crippen MR) is 259 cm³/mol. The SMILES string of the molecule is CC12CC=CC(c3ccccc3N(c3ccccc3-c3cccc4cccc(C5CCCCC5)c34)c3ccccc3-c3cccc4oc5ccccc5c34)=C1c1ccccc1O2. The van der Waals surface area contributed by atoms with Crippen LogP contribution in [0.15, 0.2) is 192 Å². The van der Waals surface area contributed by atoms with E-state index in [1.807, 2.05) is 0 Å². The Hall–Kier alpha value is -7.10. The molecule has 2 aliphatic carbocycles. The number of benzene rings is 8. The largest absolute Gasteiger partial charge is 0.482 e. The van der Waals surface area contributed by atoms with Gasteiger partial charge in [-0.15, -0.1) is 0 Å². The molecule has 1 atom stereocenters. The number of fused-ring (bicyclic) bond motifs is 7. The molecule has 12 rings (SSSR count). The first-order valence-electron chi connectivity index (χ1n) is 22.3. The summed E-state index contributed by atoms with van der Waals surface area (Å²) in [7, 11) is 0. The monoisotopic (exact) mass is 801 g/mol. The molecule has 3 heteroatoms. The molecule has 0 amide bonds. The minimum atomic E-state index is -0.474. The molecule has 1 aromatic heterocycles. The Labute approximate surface area is 363 Å². The maximum atomic E-state index is 6.81. The maximum Gasteiger partial charge on any atom is 0.136 e. The van der Waals surface area contributed by atoms with Crippen molar-refractivity contribution in [1.82, 2.24) is 0 Å². The third-order valence-corrected chi connectivity index (χ3v) is 13.8. The molecule has 9 aromatic rings. The van der Waals surface area contributed by atoms with Crippen LogP contribution in [0.4, 0.5) is 17.1 Å². The Morgan fingerprint density at radius 1 is 0.500 bits per heavy atom. The highest BCUT2D eigenvalue weighted by atomic mass is 16.5. The van der Waals surface area contributed by atoms with E-state index in [-0.39, 0.29) is 0 Å². The Morgan fingerprint density at radius 2 is 1.06 bits per heavy atom. The van der Waals surface area contributed by atoms with Crippen molar-refractivity contribution in [2.75, 3.05) is 4.90 Å². The molecule has 8 aromatic carbocycles. The van der Waals surface area contributed by atoms with Gasteiger partial charge in [-0.1, -0.05) is 171 Å². The third kappa shape index (κ3) is 5.86. The van der Waals surface area contributed by atoms with E-state index >= 15 is 0 Å². The smallest absolute Gasteiger partial charge is 0.136 e. The molecule has 2 heterocycles. The number of hydrogen-bond acceptors (Lipinski definition) is 3. The second-order valence-corrected chi connectivity index (χ2v) is 17.5. The summed E-state index contributed by atoms with van der Waals surface area (Å²) >= 11 is 0. The molecule has 0 spiro atoms. The zero-order chi connectivity index (χ0) is 41.2. The fraction of sp³-hybridized carbons (Fsp3) is 0.153. The Kier molecular flexibility index (Phi) is 8.78. The molecule has 1 saturated carbocycles. The van der Waals surface area contributed by atoms with E-state index in [1.54, 1.807) is 0 Å². The van der Waals surface area contributed by atoms with Gasteiger partial charge in [0, 0.05) is 45.0 Å². The van der Waals surface area contributed by atoms with Gasteiger partial charge in [-0.05, 0) is 95.1 Å². The lowest BCUT2D eigenvalue weighted by Gasteiger charge is -2.34. The minimum Gasteiger partial charge on any atom is -0.482 e. The van der Waals surface area contributed by atoms with Crippen molar-refractivity contribution in [3.05, 3.63) is 205 Å². The Bertz CT molecular complexity index is 3260. The van der Waals surface area contributed by atoms with Gasteiger partial charge >= 0.3 is 0 Å². The number of ether oxygens (including phenoxy) is 1. The summed E-state index contributed by atoms with van der Waals surface area (Å²) in [5.41, 5.74) is 15.6. The quantitative estimate of drug-likeness (QED) is 0.161. The van der Waals surface area contributed by atoms with Crippen LogP contribution < -0.4 is 9.64 Å². The average Bonchev–Trinajstić information content (AvgIpc) is 3.87. The molecule has 1 unspecified atom stereocenters. The van der Waals surface area contributed by atoms with Gasteiger partial charge in [0.25, 0.3) is 0 Å². The molecular weight excluding hydrogens is 755 g/mol. The first-order valence-corrected chi connectivity index (χ1v) is 22.3. The van der Waals surface area contributed by atoms with E-state index in [9.17, 15) is 0 Å². The summed E-state index contributed by atoms with van der Waals surface area (Å²) in [6, 6.07) is 64.3. The zero-order valence-electron chi connectivity index (χ0n) is 35.0. The van der Waals surface area contributed by atoms with Crippen LogP contribution in [0.25, 0.3) is 66.1 Å². The van der Waals surface area contributed by atoms with E-state index in [0.717, 1.165) is 67.9 Å². The average molecular weight is 802 g/mol. The molecule has 0 saturated heterocycles. The molecule has 1 fully saturated rings. The van der Waals surface area contributed by atoms with Crippen molar-refractivity contribution >= 4 is 60.9 Å². The molecule has 0 radical (unpaired) electrons. The molecule has 3 aliphatic rings. The van der Waals surface area contributed by atoms with Gasteiger partial charge in [0.15, 0.2) is 0 Å². The fourth-order valence-electron chi connectivity index (χ4n) is 11.0. The summed E-state index contributed by atoms with van der Waals surface area (Å²) in [4.78, 5) is 2.54. The van der Waals surface area contributed by atoms with Crippen LogP contribution in [0.3, 0.4) is 0 Å². The van der Waals surface area contributed by atoms with Gasteiger partial charge in [-0.3, -0.25) is 0 Å². The third-order valence-electron chi connectivity index (χ3n) is 13.8. The zero-order valence-corrected chi connectivity index (χ0v) is 35.0. The number of rotatable bonds is 7. The van der Waals surface area contributed by atoms with Crippen LogP contribution in [0, 0.1) is 0 Å². The standard InChI is InChI=1S/C59H47NO2/c1-59-38-18-31-47(58(59)49-27-9-14-36-54(49)62-59)44-25-7-12-34-52(44)60(51-33-11-6-24-43(51)46-30-17-37-55-57(46)48-26-8-13-35-53(48)61-55)50-32-10-5-23-42(50)45-29-16-22-40-21-15-28-41(56(40)45)39-19-3-2-4-20-39/h5-18,21-37,39H,2-4,19-20,38H2,1H3. The number of anilines is 3. The molecule has 300 valence electrons. The molecular formula is C59H47NO2. The van der Waals surface area contributed by atoms with E-state index in [2.05, 4.69) is 200 Å². The highest BCUT2D eigenvalue weighted by Crippen LogP contribution is 2.55. The Morgan fingerprint density at radius 3 is 1.82 bits per heavy atom. The second-order valence-electron chi connectivity index (χ2n) is 17.5. The number of hydrogen-bond donors (Lipinski definition) is 0. The highest BCUT2D eigenvalue weighted by Gasteiger charge is 2.43. The van der Waals surface area contributed by atoms with Crippen molar-refractivity contribution in [2.45, 2.75) is 57.0 Å². The first kappa shape index (κ1) is 36.7. The Balaban J connectivity index is 1.16. The van der Waals surface area contributed by atoms with E-state index in [0.29, 0.717) is 5.92 Å². The van der Waals surface area contributed by atoms with E-state index in [1.165, 1.54) is 76.3 Å². The van der Waals surface area contributed by atoms with Crippen LogP contribution in [0.2, 0.25) is 0 Å². The van der Waals surface area contributed by atoms with E-state index in [4.69, 9.17) is 9.15 Å². The van der Waals surface area contributed by atoms with Crippen LogP contribution in [0.5, 0.6) is 5.75 Å². The van der Waals surface area contributed by atoms with Crippen molar-refractivity contribution < 1.29 is 9.15 Å². The van der Waals surface area contributed by atoms with Gasteiger partial charge in [0.2, 0.25) is 0 Å². The van der Waals surface area contributed by atoms with Gasteiger partial charge < -0.3 is 14.1 Å². The van der Waals surface area contributed by atoms with Crippen molar-refractivity contribution in [3.8, 4) is 28.0 Å². The number of furan rings is 1. The molecule has 62 heavy (non-hydrogen) atoms. The van der Waals surface area contributed by atoms with Gasteiger partial charge in [0.1, 0.15) is 22.5 Å². The van der Waals surface area contributed by atoms with Crippen molar-refractivity contribution in [2.24, 2.45) is 0 Å². The molecule has 3 nitrogen and oxygen atoms in total. The summed E-state index contributed by atoms with van der Waals surface area (Å²) in [6.45, 7) is 2.25. The summed E-state index contributed by atoms with van der Waals surface area (Å²) < 4.78 is 13.3. The summed E-state index contributed by atoms with van der Waals surface area (Å²) in [5.74, 6) is 1.50. The summed E-state index contributed by atoms with van der Waals surface area (Å²) in [5, 5.41) is 4.91. The van der Waals surface area contributed by atoms with Gasteiger partial charge in [-0.2, -0.15) is 0 Å². The van der Waals surface area contributed by atoms with Crippen molar-refractivity contribution in [1.29, 1.82) is 0 Å². The highest BCUT2D eigenvalue weighted by molar-refractivity contribution is 6.15. The maximum absolute atomic E-state index is 6.81. The number of allylic oxidation sites excluding steroid dienone is 2. The number of nitrogens with zero attached hydrogens (tertiary/aromatic N) is 1. The van der Waals surface area contributed by atoms with Gasteiger partial charge in [-0.25, -0.2) is 0 Å².